The van der Waals surface area contributed by atoms with Crippen LogP contribution in [0, 0.1) is 20.8 Å². The molecule has 134 valence electrons. The van der Waals surface area contributed by atoms with Crippen LogP contribution in [0.3, 0.4) is 0 Å². The largest absolute Gasteiger partial charge is 0.293 e. The van der Waals surface area contributed by atoms with E-state index in [2.05, 4.69) is 11.6 Å². The van der Waals surface area contributed by atoms with Gasteiger partial charge in [-0.25, -0.2) is 13.1 Å². The zero-order valence-electron chi connectivity index (χ0n) is 15.2. The number of ketones is 1. The topological polar surface area (TPSA) is 63.2 Å². The minimum atomic E-state index is -3.73. The molecule has 0 spiro atoms. The van der Waals surface area contributed by atoms with Crippen LogP contribution in [0.25, 0.3) is 0 Å². The number of hydrogen-bond acceptors (Lipinski definition) is 3. The first-order valence-electron chi connectivity index (χ1n) is 8.44. The molecule has 25 heavy (non-hydrogen) atoms. The van der Waals surface area contributed by atoms with Crippen molar-refractivity contribution in [1.29, 1.82) is 0 Å². The molecule has 4 nitrogen and oxygen atoms in total. The van der Waals surface area contributed by atoms with Crippen LogP contribution in [-0.2, 0) is 16.4 Å². The van der Waals surface area contributed by atoms with Gasteiger partial charge in [0, 0.05) is 5.56 Å². The number of carbonyl (C=O) groups is 1. The summed E-state index contributed by atoms with van der Waals surface area (Å²) in [5.41, 5.74) is 4.06. The molecule has 0 saturated heterocycles. The van der Waals surface area contributed by atoms with E-state index in [1.807, 2.05) is 31.2 Å². The minimum Gasteiger partial charge on any atom is -0.293 e. The molecule has 2 rings (SSSR count). The number of nitrogens with one attached hydrogen (secondary N) is 1. The predicted octanol–water partition coefficient (Wildman–Crippen LogP) is 3.73. The Morgan fingerprint density at radius 1 is 1.00 bits per heavy atom. The zero-order valence-corrected chi connectivity index (χ0v) is 16.0. The fourth-order valence-electron chi connectivity index (χ4n) is 3.07. The molecule has 0 fully saturated rings. The molecule has 0 amide bonds. The lowest BCUT2D eigenvalue weighted by atomic mass is 10.1. The van der Waals surface area contributed by atoms with Crippen molar-refractivity contribution < 1.29 is 13.2 Å². The van der Waals surface area contributed by atoms with Crippen molar-refractivity contribution in [3.63, 3.8) is 0 Å². The van der Waals surface area contributed by atoms with Gasteiger partial charge >= 0.3 is 0 Å². The maximum Gasteiger partial charge on any atom is 0.241 e. The van der Waals surface area contributed by atoms with E-state index in [1.165, 1.54) is 5.56 Å². The Morgan fingerprint density at radius 2 is 1.56 bits per heavy atom. The average Bonchev–Trinajstić information content (AvgIpc) is 2.52. The van der Waals surface area contributed by atoms with Crippen molar-refractivity contribution in [2.24, 2.45) is 0 Å². The quantitative estimate of drug-likeness (QED) is 0.766. The predicted molar refractivity (Wildman–Crippen MR) is 101 cm³/mol. The van der Waals surface area contributed by atoms with E-state index >= 15 is 0 Å². The van der Waals surface area contributed by atoms with E-state index in [9.17, 15) is 13.2 Å². The normalized spacial score (nSPS) is 11.5. The summed E-state index contributed by atoms with van der Waals surface area (Å²) in [5, 5.41) is 0. The van der Waals surface area contributed by atoms with Gasteiger partial charge in [-0.2, -0.15) is 0 Å². The van der Waals surface area contributed by atoms with Crippen molar-refractivity contribution in [3.05, 3.63) is 64.2 Å². The van der Waals surface area contributed by atoms with Crippen molar-refractivity contribution in [2.45, 2.75) is 45.4 Å². The minimum absolute atomic E-state index is 0.242. The summed E-state index contributed by atoms with van der Waals surface area (Å²) in [4.78, 5) is 12.5. The third-order valence-corrected chi connectivity index (χ3v) is 5.82. The van der Waals surface area contributed by atoms with E-state index in [1.54, 1.807) is 26.0 Å². The van der Waals surface area contributed by atoms with Gasteiger partial charge in [0.1, 0.15) is 0 Å². The van der Waals surface area contributed by atoms with Gasteiger partial charge in [0.05, 0.1) is 11.4 Å². The molecule has 0 aliphatic carbocycles. The van der Waals surface area contributed by atoms with E-state index in [4.69, 9.17) is 0 Å². The highest BCUT2D eigenvalue weighted by Gasteiger charge is 2.21. The summed E-state index contributed by atoms with van der Waals surface area (Å²) in [6.07, 6.45) is 2.01. The highest BCUT2D eigenvalue weighted by Crippen LogP contribution is 2.21. The second-order valence-corrected chi connectivity index (χ2v) is 8.13. The Bertz CT molecular complexity index is 845. The van der Waals surface area contributed by atoms with Gasteiger partial charge < -0.3 is 0 Å². The summed E-state index contributed by atoms with van der Waals surface area (Å²) in [6.45, 7) is 7.31. The van der Waals surface area contributed by atoms with Crippen LogP contribution in [0.5, 0.6) is 0 Å². The third-order valence-electron chi connectivity index (χ3n) is 4.11. The Hall–Kier alpha value is -1.98. The first-order valence-corrected chi connectivity index (χ1v) is 9.92. The van der Waals surface area contributed by atoms with Gasteiger partial charge in [-0.15, -0.1) is 0 Å². The van der Waals surface area contributed by atoms with Crippen molar-refractivity contribution in [1.82, 2.24) is 4.72 Å². The van der Waals surface area contributed by atoms with Gasteiger partial charge in [0.25, 0.3) is 0 Å². The van der Waals surface area contributed by atoms with Crippen molar-refractivity contribution >= 4 is 15.8 Å². The zero-order chi connectivity index (χ0) is 18.6. The van der Waals surface area contributed by atoms with Gasteiger partial charge in [-0.3, -0.25) is 4.79 Å². The summed E-state index contributed by atoms with van der Waals surface area (Å²) in [6, 6.07) is 11.0. The average molecular weight is 359 g/mol. The number of carbonyl (C=O) groups excluding carboxylic acids is 1. The monoisotopic (exact) mass is 359 g/mol. The fraction of sp³-hybridized carbons (Fsp3) is 0.350. The molecule has 0 atom stereocenters. The molecule has 0 radical (unpaired) electrons. The molecule has 2 aromatic rings. The molecular weight excluding hydrogens is 334 g/mol. The molecule has 0 heterocycles. The van der Waals surface area contributed by atoms with E-state index < -0.39 is 10.0 Å². The molecule has 0 unspecified atom stereocenters. The van der Waals surface area contributed by atoms with Crippen LogP contribution in [0.2, 0.25) is 0 Å². The number of rotatable bonds is 7. The molecule has 1 N–H and O–H groups in total. The lowest BCUT2D eigenvalue weighted by Gasteiger charge is -2.13. The summed E-state index contributed by atoms with van der Waals surface area (Å²) < 4.78 is 27.6. The lowest BCUT2D eigenvalue weighted by Crippen LogP contribution is -2.30. The smallest absolute Gasteiger partial charge is 0.241 e. The number of aryl methyl sites for hydroxylation is 4. The highest BCUT2D eigenvalue weighted by molar-refractivity contribution is 7.89. The molecule has 0 bridgehead atoms. The summed E-state index contributed by atoms with van der Waals surface area (Å²) in [7, 11) is -3.73. The van der Waals surface area contributed by atoms with Crippen LogP contribution >= 0.6 is 0 Å². The number of benzene rings is 2. The Labute approximate surface area is 150 Å². The summed E-state index contributed by atoms with van der Waals surface area (Å²) in [5.74, 6) is -0.242. The van der Waals surface area contributed by atoms with E-state index in [-0.39, 0.29) is 17.2 Å². The van der Waals surface area contributed by atoms with Crippen LogP contribution in [-0.4, -0.2) is 20.7 Å². The molecule has 2 aromatic carbocycles. The van der Waals surface area contributed by atoms with Crippen LogP contribution in [0.4, 0.5) is 0 Å². The SMILES string of the molecule is CCCc1ccc(C(=O)CNS(=O)(=O)c2c(C)cc(C)cc2C)cc1. The first kappa shape index (κ1) is 19.3. The summed E-state index contributed by atoms with van der Waals surface area (Å²) >= 11 is 0. The Morgan fingerprint density at radius 3 is 2.08 bits per heavy atom. The Kier molecular flexibility index (Phi) is 6.14. The first-order chi connectivity index (χ1) is 11.7. The van der Waals surface area contributed by atoms with E-state index in [0.29, 0.717) is 16.7 Å². The second-order valence-electron chi connectivity index (χ2n) is 6.42. The van der Waals surface area contributed by atoms with E-state index in [0.717, 1.165) is 18.4 Å². The Balaban J connectivity index is 2.13. The van der Waals surface area contributed by atoms with Gasteiger partial charge in [-0.05, 0) is 43.9 Å². The number of sulfonamides is 1. The lowest BCUT2D eigenvalue weighted by molar-refractivity contribution is 0.0997. The number of Topliss-reactive ketones (excluding diaryl/α,β-unsaturated/α-hetero) is 1. The highest BCUT2D eigenvalue weighted by atomic mass is 32.2. The van der Waals surface area contributed by atoms with Crippen molar-refractivity contribution in [2.75, 3.05) is 6.54 Å². The maximum atomic E-state index is 12.6. The third kappa shape index (κ3) is 4.77. The van der Waals surface area contributed by atoms with Crippen LogP contribution in [0.1, 0.15) is 46.0 Å². The van der Waals surface area contributed by atoms with Gasteiger partial charge in [0.15, 0.2) is 5.78 Å². The van der Waals surface area contributed by atoms with Crippen molar-refractivity contribution in [3.8, 4) is 0 Å². The number of hydrogen-bond donors (Lipinski definition) is 1. The second kappa shape index (κ2) is 7.93. The molecule has 0 saturated carbocycles. The standard InChI is InChI=1S/C20H25NO3S/c1-5-6-17-7-9-18(10-8-17)19(22)13-21-25(23,24)20-15(3)11-14(2)12-16(20)4/h7-12,21H,5-6,13H2,1-4H3. The van der Waals surface area contributed by atoms with Crippen LogP contribution in [0.15, 0.2) is 41.3 Å². The molecule has 0 aromatic heterocycles. The maximum absolute atomic E-state index is 12.6. The van der Waals surface area contributed by atoms with Gasteiger partial charge in [-0.1, -0.05) is 55.3 Å². The molecule has 5 heteroatoms. The van der Waals surface area contributed by atoms with Gasteiger partial charge in [0.2, 0.25) is 10.0 Å². The molecule has 0 aliphatic rings. The van der Waals surface area contributed by atoms with Crippen LogP contribution < -0.4 is 4.72 Å². The molecule has 0 aliphatic heterocycles. The molecular formula is C20H25NO3S. The fourth-order valence-corrected chi connectivity index (χ4v) is 4.50.